The van der Waals surface area contributed by atoms with Gasteiger partial charge in [-0.25, -0.2) is 0 Å². The molecule has 14 heavy (non-hydrogen) atoms. The minimum atomic E-state index is 0. The van der Waals surface area contributed by atoms with Crippen molar-refractivity contribution in [1.82, 2.24) is 0 Å². The van der Waals surface area contributed by atoms with Gasteiger partial charge in [0.25, 0.3) is 0 Å². The first-order valence-electron chi connectivity index (χ1n) is 0. The van der Waals surface area contributed by atoms with E-state index in [9.17, 15) is 0 Å². The van der Waals surface area contributed by atoms with Crippen LogP contribution in [0.4, 0.5) is 0 Å². The maximum absolute atomic E-state index is 0. The van der Waals surface area contributed by atoms with Crippen molar-refractivity contribution in [3.63, 3.8) is 0 Å². The Morgan fingerprint density at radius 2 is 0.214 bits per heavy atom. The van der Waals surface area contributed by atoms with Crippen LogP contribution in [0, 0.1) is 0 Å². The minimum Gasteiger partial charge on any atom is -2.00 e. The Bertz CT molecular complexity index is 20.3. The molecule has 14 heteroatoms. The van der Waals surface area contributed by atoms with Crippen LogP contribution < -0.4 is 113 Å². The molecular weight excluding hydrogens is 532 g/mol. The van der Waals surface area contributed by atoms with Gasteiger partial charge >= 0.3 is 158 Å². The second kappa shape index (κ2) is 217. The van der Waals surface area contributed by atoms with Crippen molar-refractivity contribution >= 4 is 0 Å². The van der Waals surface area contributed by atoms with Crippen LogP contribution >= 0.6 is 0 Å². The fourth-order valence-corrected chi connectivity index (χ4v) is 0. The standard InChI is InChI=1S/2Au.6Li.6O/q2*+3;6*+1;6*-2. The quantitative estimate of drug-likeness (QED) is 0.271. The molecule has 64 valence electrons. The smallest absolute Gasteiger partial charge is 2.00 e. The molecule has 0 fully saturated rings. The summed E-state index contributed by atoms with van der Waals surface area (Å²) < 4.78 is 0. The Hall–Kier alpha value is 4.82. The largest absolute Gasteiger partial charge is 3.00 e. The molecule has 0 aromatic heterocycles. The predicted molar refractivity (Wildman–Crippen MR) is 4.12 cm³/mol. The summed E-state index contributed by atoms with van der Waals surface area (Å²) in [7, 11) is 0. The van der Waals surface area contributed by atoms with Gasteiger partial charge in [0.2, 0.25) is 0 Å². The molecule has 0 saturated heterocycles. The van der Waals surface area contributed by atoms with E-state index >= 15 is 0 Å². The number of hydrogen-bond acceptors (Lipinski definition) is 0. The van der Waals surface area contributed by atoms with Crippen molar-refractivity contribution in [3.05, 3.63) is 0 Å². The van der Waals surface area contributed by atoms with Crippen LogP contribution in [0.1, 0.15) is 0 Å². The summed E-state index contributed by atoms with van der Waals surface area (Å²) in [6.45, 7) is 0. The fourth-order valence-electron chi connectivity index (χ4n) is 0. The molecule has 0 rings (SSSR count). The molecule has 0 unspecified atom stereocenters. The maximum Gasteiger partial charge on any atom is 3.00 e. The Kier molecular flexibility index (Phi) is 3980. The summed E-state index contributed by atoms with van der Waals surface area (Å²) in [6, 6.07) is 0. The van der Waals surface area contributed by atoms with Gasteiger partial charge in [-0.15, -0.1) is 0 Å². The van der Waals surface area contributed by atoms with Gasteiger partial charge in [-0.05, 0) is 0 Å². The van der Waals surface area contributed by atoms with Gasteiger partial charge in [-0.2, -0.15) is 0 Å². The zero-order chi connectivity index (χ0) is 0. The van der Waals surface area contributed by atoms with Crippen LogP contribution in [0.2, 0.25) is 0 Å². The molecule has 0 N–H and O–H groups in total. The zero-order valence-electron chi connectivity index (χ0n) is 9.05. The molecular formula is Au2Li6O6. The van der Waals surface area contributed by atoms with Gasteiger partial charge in [0.1, 0.15) is 0 Å². The predicted octanol–water partition coefficient (Wildman–Crippen LogP) is -18.7. The molecule has 0 saturated carbocycles. The van der Waals surface area contributed by atoms with Crippen molar-refractivity contribution in [1.29, 1.82) is 0 Å². The maximum atomic E-state index is 0. The summed E-state index contributed by atoms with van der Waals surface area (Å²) >= 11 is 0. The van der Waals surface area contributed by atoms with Crippen LogP contribution in [0.25, 0.3) is 0 Å². The third-order valence-corrected chi connectivity index (χ3v) is 0. The van der Waals surface area contributed by atoms with E-state index in [1.807, 2.05) is 0 Å². The molecule has 0 aromatic carbocycles. The van der Waals surface area contributed by atoms with Crippen molar-refractivity contribution in [2.45, 2.75) is 0 Å². The summed E-state index contributed by atoms with van der Waals surface area (Å²) in [5, 5.41) is 0. The van der Waals surface area contributed by atoms with E-state index in [0.717, 1.165) is 0 Å². The summed E-state index contributed by atoms with van der Waals surface area (Å²) in [5.41, 5.74) is 0. The van der Waals surface area contributed by atoms with Gasteiger partial charge in [0.15, 0.2) is 0 Å². The van der Waals surface area contributed by atoms with E-state index in [4.69, 9.17) is 0 Å². The van der Waals surface area contributed by atoms with E-state index < -0.39 is 0 Å². The van der Waals surface area contributed by atoms with E-state index in [1.165, 1.54) is 0 Å². The third kappa shape index (κ3) is 181. The van der Waals surface area contributed by atoms with Crippen LogP contribution in [-0.2, 0) is 77.6 Å². The zero-order valence-corrected chi connectivity index (χ0v) is 13.4. The Labute approximate surface area is 187 Å². The van der Waals surface area contributed by atoms with Crippen LogP contribution in [-0.4, -0.2) is 0 Å². The van der Waals surface area contributed by atoms with Crippen molar-refractivity contribution in [3.8, 4) is 0 Å². The Morgan fingerprint density at radius 1 is 0.214 bits per heavy atom. The normalized spacial score (nSPS) is 0. The van der Waals surface area contributed by atoms with Crippen molar-refractivity contribution < 1.29 is 191 Å². The first kappa shape index (κ1) is 257. The molecule has 0 aliphatic rings. The van der Waals surface area contributed by atoms with E-state index in [1.54, 1.807) is 0 Å². The molecule has 0 spiro atoms. The molecule has 0 aliphatic carbocycles. The average Bonchev–Trinajstić information content (AvgIpc) is 0. The Balaban J connectivity index is 0. The molecule has 0 radical (unpaired) electrons. The third-order valence-electron chi connectivity index (χ3n) is 0. The molecule has 0 atom stereocenters. The number of rotatable bonds is 0. The topological polar surface area (TPSA) is 171 Å². The fraction of sp³-hybridized carbons (Fsp3) is 0. The minimum absolute atomic E-state index is 0. The second-order valence-corrected chi connectivity index (χ2v) is 0. The molecule has 6 nitrogen and oxygen atoms in total. The van der Waals surface area contributed by atoms with Gasteiger partial charge in [0.05, 0.1) is 0 Å². The monoisotopic (exact) mass is 532 g/mol. The first-order valence-corrected chi connectivity index (χ1v) is 0. The van der Waals surface area contributed by atoms with Crippen molar-refractivity contribution in [2.75, 3.05) is 0 Å². The van der Waals surface area contributed by atoms with E-state index in [-0.39, 0.29) is 191 Å². The van der Waals surface area contributed by atoms with E-state index in [0.29, 0.717) is 0 Å². The first-order chi connectivity index (χ1) is 0. The summed E-state index contributed by atoms with van der Waals surface area (Å²) in [5.74, 6) is 0. The SMILES string of the molecule is [Au+3].[Au+3].[Li+].[Li+].[Li+].[Li+].[Li+].[Li+].[O-2].[O-2].[O-2].[O-2].[O-2].[O-2]. The number of hydrogen-bond donors (Lipinski definition) is 0. The molecule has 0 heterocycles. The summed E-state index contributed by atoms with van der Waals surface area (Å²) in [4.78, 5) is 0. The molecule has 0 bridgehead atoms. The molecule has 0 aliphatic heterocycles. The van der Waals surface area contributed by atoms with Gasteiger partial charge in [0, 0.05) is 0 Å². The second-order valence-electron chi connectivity index (χ2n) is 0. The van der Waals surface area contributed by atoms with Crippen LogP contribution in [0.5, 0.6) is 0 Å². The van der Waals surface area contributed by atoms with E-state index in [2.05, 4.69) is 0 Å². The van der Waals surface area contributed by atoms with Crippen molar-refractivity contribution in [2.24, 2.45) is 0 Å². The molecule has 0 amide bonds. The van der Waals surface area contributed by atoms with Gasteiger partial charge in [-0.3, -0.25) is 0 Å². The van der Waals surface area contributed by atoms with Crippen LogP contribution in [0.3, 0.4) is 0 Å². The summed E-state index contributed by atoms with van der Waals surface area (Å²) in [6.07, 6.45) is 0. The van der Waals surface area contributed by atoms with Crippen LogP contribution in [0.15, 0.2) is 0 Å². The molecule has 0 aromatic rings. The van der Waals surface area contributed by atoms with Gasteiger partial charge in [-0.1, -0.05) is 0 Å². The van der Waals surface area contributed by atoms with Gasteiger partial charge < -0.3 is 32.9 Å². The average molecular weight is 532 g/mol. The Morgan fingerprint density at radius 3 is 0.214 bits per heavy atom.